The van der Waals surface area contributed by atoms with Crippen LogP contribution < -0.4 is 6.15 Å². The Morgan fingerprint density at radius 1 is 0.607 bits per heavy atom. The SMILES string of the molecule is CCCCCCCCCCCCCCCCCC(C)(C)S(=O)(=O)OCCC.N. The molecule has 0 aliphatic rings. The Balaban J connectivity index is 0. The van der Waals surface area contributed by atoms with Gasteiger partial charge in [0, 0.05) is 0 Å². The molecule has 172 valence electrons. The van der Waals surface area contributed by atoms with Crippen LogP contribution in [0.2, 0.25) is 0 Å². The Morgan fingerprint density at radius 2 is 0.964 bits per heavy atom. The van der Waals surface area contributed by atoms with Crippen LogP contribution in [0, 0.1) is 0 Å². The predicted molar refractivity (Wildman–Crippen MR) is 124 cm³/mol. The maximum atomic E-state index is 12.2. The van der Waals surface area contributed by atoms with Crippen LogP contribution in [0.25, 0.3) is 0 Å². The molecule has 0 heterocycles. The van der Waals surface area contributed by atoms with Crippen molar-refractivity contribution in [2.24, 2.45) is 0 Å². The smallest absolute Gasteiger partial charge is 0.272 e. The Morgan fingerprint density at radius 3 is 1.32 bits per heavy atom. The summed E-state index contributed by atoms with van der Waals surface area (Å²) in [6.07, 6.45) is 21.4. The van der Waals surface area contributed by atoms with Crippen molar-refractivity contribution < 1.29 is 12.6 Å². The summed E-state index contributed by atoms with van der Waals surface area (Å²) in [5.41, 5.74) is 0. The van der Waals surface area contributed by atoms with E-state index in [0.717, 1.165) is 19.3 Å². The second-order valence-electron chi connectivity index (χ2n) is 8.74. The fourth-order valence-electron chi connectivity index (χ4n) is 3.40. The van der Waals surface area contributed by atoms with Gasteiger partial charge < -0.3 is 6.15 Å². The summed E-state index contributed by atoms with van der Waals surface area (Å²) in [7, 11) is -3.44. The molecule has 28 heavy (non-hydrogen) atoms. The van der Waals surface area contributed by atoms with Gasteiger partial charge in [-0.15, -0.1) is 0 Å². The molecule has 0 aliphatic carbocycles. The van der Waals surface area contributed by atoms with Crippen LogP contribution in [0.1, 0.15) is 137 Å². The minimum Gasteiger partial charge on any atom is -0.344 e. The van der Waals surface area contributed by atoms with Gasteiger partial charge in [-0.05, 0) is 26.7 Å². The first kappa shape index (κ1) is 30.1. The number of hydrogen-bond acceptors (Lipinski definition) is 4. The molecule has 0 radical (unpaired) electrons. The first-order chi connectivity index (χ1) is 12.9. The summed E-state index contributed by atoms with van der Waals surface area (Å²) in [6, 6.07) is 0. The van der Waals surface area contributed by atoms with E-state index in [-0.39, 0.29) is 6.15 Å². The highest BCUT2D eigenvalue weighted by molar-refractivity contribution is 7.88. The highest BCUT2D eigenvalue weighted by Gasteiger charge is 2.34. The molecule has 0 atom stereocenters. The van der Waals surface area contributed by atoms with Crippen LogP contribution >= 0.6 is 0 Å². The van der Waals surface area contributed by atoms with E-state index >= 15 is 0 Å². The minimum absolute atomic E-state index is 0. The van der Waals surface area contributed by atoms with Gasteiger partial charge in [-0.1, -0.05) is 110 Å². The lowest BCUT2D eigenvalue weighted by Crippen LogP contribution is -2.33. The van der Waals surface area contributed by atoms with Crippen molar-refractivity contribution in [1.29, 1.82) is 0 Å². The van der Waals surface area contributed by atoms with E-state index in [9.17, 15) is 8.42 Å². The second-order valence-corrected chi connectivity index (χ2v) is 11.0. The maximum absolute atomic E-state index is 12.2. The molecule has 0 aliphatic heterocycles. The quantitative estimate of drug-likeness (QED) is 0.160. The molecule has 0 aromatic heterocycles. The van der Waals surface area contributed by atoms with Crippen LogP contribution in [0.5, 0.6) is 0 Å². The molecule has 0 rings (SSSR count). The largest absolute Gasteiger partial charge is 0.344 e. The van der Waals surface area contributed by atoms with E-state index < -0.39 is 14.9 Å². The van der Waals surface area contributed by atoms with Crippen LogP contribution in [-0.4, -0.2) is 19.8 Å². The van der Waals surface area contributed by atoms with E-state index in [2.05, 4.69) is 6.92 Å². The zero-order valence-corrected chi connectivity index (χ0v) is 20.4. The third-order valence-electron chi connectivity index (χ3n) is 5.50. The van der Waals surface area contributed by atoms with Gasteiger partial charge >= 0.3 is 0 Å². The van der Waals surface area contributed by atoms with E-state index in [4.69, 9.17) is 4.18 Å². The molecule has 3 N–H and O–H groups in total. The summed E-state index contributed by atoms with van der Waals surface area (Å²) in [5, 5.41) is 0. The Hall–Kier alpha value is -0.130. The first-order valence-electron chi connectivity index (χ1n) is 11.8. The third kappa shape index (κ3) is 15.8. The molecule has 0 amide bonds. The molecule has 0 saturated heterocycles. The highest BCUT2D eigenvalue weighted by atomic mass is 32.2. The zero-order valence-electron chi connectivity index (χ0n) is 19.6. The normalized spacial score (nSPS) is 12.1. The molecule has 0 aromatic rings. The van der Waals surface area contributed by atoms with E-state index in [1.807, 2.05) is 6.92 Å². The maximum Gasteiger partial charge on any atom is 0.272 e. The van der Waals surface area contributed by atoms with Gasteiger partial charge in [0.15, 0.2) is 0 Å². The van der Waals surface area contributed by atoms with E-state index in [1.54, 1.807) is 13.8 Å². The van der Waals surface area contributed by atoms with Crippen LogP contribution in [-0.2, 0) is 14.3 Å². The summed E-state index contributed by atoms with van der Waals surface area (Å²) < 4.78 is 28.7. The molecule has 0 unspecified atom stereocenters. The van der Waals surface area contributed by atoms with Crippen molar-refractivity contribution in [3.63, 3.8) is 0 Å². The molecule has 0 aromatic carbocycles. The molecule has 0 bridgehead atoms. The standard InChI is InChI=1S/C23H48O3S.H3N/c1-5-7-8-9-10-11-12-13-14-15-16-17-18-19-20-21-23(3,4)27(24,25)26-22-6-2;/h5-22H2,1-4H3;1H3. The van der Waals surface area contributed by atoms with Gasteiger partial charge in [-0.2, -0.15) is 8.42 Å². The van der Waals surface area contributed by atoms with Crippen molar-refractivity contribution in [2.75, 3.05) is 6.61 Å². The van der Waals surface area contributed by atoms with Crippen molar-refractivity contribution >= 4 is 10.1 Å². The molecule has 4 nitrogen and oxygen atoms in total. The van der Waals surface area contributed by atoms with Gasteiger partial charge in [0.05, 0.1) is 11.4 Å². The van der Waals surface area contributed by atoms with Gasteiger partial charge in [-0.3, -0.25) is 4.18 Å². The molecular weight excluding hydrogens is 370 g/mol. The number of rotatable bonds is 20. The fourth-order valence-corrected chi connectivity index (χ4v) is 4.50. The summed E-state index contributed by atoms with van der Waals surface area (Å²) in [5.74, 6) is 0. The van der Waals surface area contributed by atoms with Crippen LogP contribution in [0.3, 0.4) is 0 Å². The summed E-state index contributed by atoms with van der Waals surface area (Å²) in [6.45, 7) is 8.08. The van der Waals surface area contributed by atoms with Gasteiger partial charge in [0.2, 0.25) is 0 Å². The van der Waals surface area contributed by atoms with Crippen LogP contribution in [0.15, 0.2) is 0 Å². The molecule has 0 saturated carbocycles. The monoisotopic (exact) mass is 421 g/mol. The van der Waals surface area contributed by atoms with Crippen molar-refractivity contribution in [1.82, 2.24) is 6.15 Å². The Kier molecular flexibility index (Phi) is 20.3. The lowest BCUT2D eigenvalue weighted by Gasteiger charge is -2.23. The minimum atomic E-state index is -3.44. The number of hydrogen-bond donors (Lipinski definition) is 1. The lowest BCUT2D eigenvalue weighted by atomic mass is 10.0. The Bertz CT molecular complexity index is 422. The van der Waals surface area contributed by atoms with Gasteiger partial charge in [0.25, 0.3) is 10.1 Å². The molecular formula is C23H51NO3S. The van der Waals surface area contributed by atoms with Crippen molar-refractivity contribution in [3.8, 4) is 0 Å². The third-order valence-corrected chi connectivity index (χ3v) is 7.54. The highest BCUT2D eigenvalue weighted by Crippen LogP contribution is 2.26. The van der Waals surface area contributed by atoms with Crippen LogP contribution in [0.4, 0.5) is 0 Å². The molecule has 0 spiro atoms. The number of unbranched alkanes of at least 4 members (excludes halogenated alkanes) is 14. The van der Waals surface area contributed by atoms with Crippen molar-refractivity contribution in [2.45, 2.75) is 142 Å². The zero-order chi connectivity index (χ0) is 20.4. The average Bonchev–Trinajstić information content (AvgIpc) is 2.63. The van der Waals surface area contributed by atoms with Crippen molar-refractivity contribution in [3.05, 3.63) is 0 Å². The lowest BCUT2D eigenvalue weighted by molar-refractivity contribution is 0.297. The summed E-state index contributed by atoms with van der Waals surface area (Å²) in [4.78, 5) is 0. The predicted octanol–water partition coefficient (Wildman–Crippen LogP) is 7.94. The second kappa shape index (κ2) is 18.9. The topological polar surface area (TPSA) is 78.4 Å². The van der Waals surface area contributed by atoms with Gasteiger partial charge in [0.1, 0.15) is 0 Å². The van der Waals surface area contributed by atoms with E-state index in [0.29, 0.717) is 13.0 Å². The Labute approximate surface area is 177 Å². The van der Waals surface area contributed by atoms with Gasteiger partial charge in [-0.25, -0.2) is 0 Å². The fraction of sp³-hybridized carbons (Fsp3) is 1.00. The molecule has 0 fully saturated rings. The first-order valence-corrected chi connectivity index (χ1v) is 13.2. The summed E-state index contributed by atoms with van der Waals surface area (Å²) >= 11 is 0. The van der Waals surface area contributed by atoms with E-state index in [1.165, 1.54) is 83.5 Å². The average molecular weight is 422 g/mol. The molecule has 5 heteroatoms.